The van der Waals surface area contributed by atoms with Crippen LogP contribution < -0.4 is 0 Å². The number of likely N-dealkylation sites (N-methyl/N-ethyl adjacent to an activating group) is 1. The lowest BCUT2D eigenvalue weighted by atomic mass is 10.0. The lowest BCUT2D eigenvalue weighted by Crippen LogP contribution is -2.40. The van der Waals surface area contributed by atoms with Crippen molar-refractivity contribution in [3.63, 3.8) is 0 Å². The molecule has 1 aromatic rings. The number of nitrogens with zero attached hydrogens (tertiary/aromatic N) is 2. The fourth-order valence-corrected chi connectivity index (χ4v) is 2.94. The van der Waals surface area contributed by atoms with E-state index in [0.717, 1.165) is 31.2 Å². The highest BCUT2D eigenvalue weighted by Gasteiger charge is 2.32. The summed E-state index contributed by atoms with van der Waals surface area (Å²) in [7, 11) is 1.92. The third-order valence-electron chi connectivity index (χ3n) is 4.01. The lowest BCUT2D eigenvalue weighted by molar-refractivity contribution is 0.00483. The minimum atomic E-state index is -0.599. The fraction of sp³-hybridized carbons (Fsp3) is 0.562. The maximum atomic E-state index is 10.4. The van der Waals surface area contributed by atoms with Gasteiger partial charge < -0.3 is 15.1 Å². The number of benzene rings is 1. The molecule has 1 aliphatic carbocycles. The number of aliphatic hydroxyl groups is 2. The maximum absolute atomic E-state index is 10.4. The van der Waals surface area contributed by atoms with Gasteiger partial charge in [-0.05, 0) is 37.6 Å². The standard InChI is InChI=1S/C16H22N2O2/c1-18(12-16(20)8-2-3-9-16)11-15(19)14-6-4-13(10-17)5-7-14/h4-7,15,19-20H,2-3,8-9,11-12H2,1H3. The summed E-state index contributed by atoms with van der Waals surface area (Å²) in [5.41, 5.74) is 0.808. The average molecular weight is 274 g/mol. The molecule has 1 aromatic carbocycles. The van der Waals surface area contributed by atoms with E-state index in [2.05, 4.69) is 6.07 Å². The number of hydrogen-bond donors (Lipinski definition) is 2. The molecular formula is C16H22N2O2. The van der Waals surface area contributed by atoms with Gasteiger partial charge >= 0.3 is 0 Å². The first-order valence-electron chi connectivity index (χ1n) is 7.11. The van der Waals surface area contributed by atoms with Gasteiger partial charge in [-0.3, -0.25) is 0 Å². The third-order valence-corrected chi connectivity index (χ3v) is 4.01. The van der Waals surface area contributed by atoms with E-state index >= 15 is 0 Å². The smallest absolute Gasteiger partial charge is 0.0991 e. The summed E-state index contributed by atoms with van der Waals surface area (Å²) in [5.74, 6) is 0. The topological polar surface area (TPSA) is 67.5 Å². The Morgan fingerprint density at radius 1 is 1.30 bits per heavy atom. The van der Waals surface area contributed by atoms with Gasteiger partial charge in [0.2, 0.25) is 0 Å². The molecule has 0 amide bonds. The van der Waals surface area contributed by atoms with Crippen LogP contribution in [0.1, 0.15) is 42.9 Å². The van der Waals surface area contributed by atoms with E-state index in [1.807, 2.05) is 11.9 Å². The van der Waals surface area contributed by atoms with Crippen LogP contribution in [0.5, 0.6) is 0 Å². The zero-order valence-corrected chi connectivity index (χ0v) is 11.9. The summed E-state index contributed by atoms with van der Waals surface area (Å²) < 4.78 is 0. The Hall–Kier alpha value is -1.41. The Labute approximate surface area is 120 Å². The van der Waals surface area contributed by atoms with Gasteiger partial charge in [0, 0.05) is 13.1 Å². The largest absolute Gasteiger partial charge is 0.389 e. The molecule has 1 saturated carbocycles. The molecule has 0 aliphatic heterocycles. The van der Waals surface area contributed by atoms with E-state index in [4.69, 9.17) is 5.26 Å². The van der Waals surface area contributed by atoms with Crippen LogP contribution in [0.15, 0.2) is 24.3 Å². The van der Waals surface area contributed by atoms with E-state index in [9.17, 15) is 10.2 Å². The first-order valence-corrected chi connectivity index (χ1v) is 7.11. The zero-order chi connectivity index (χ0) is 14.6. The average Bonchev–Trinajstić information content (AvgIpc) is 2.84. The summed E-state index contributed by atoms with van der Waals surface area (Å²) in [5, 5.41) is 29.3. The highest BCUT2D eigenvalue weighted by molar-refractivity contribution is 5.32. The SMILES string of the molecule is CN(CC(O)c1ccc(C#N)cc1)CC1(O)CCCC1. The Morgan fingerprint density at radius 2 is 1.90 bits per heavy atom. The fourth-order valence-electron chi connectivity index (χ4n) is 2.94. The van der Waals surface area contributed by atoms with Crippen molar-refractivity contribution in [1.82, 2.24) is 4.90 Å². The number of hydrogen-bond acceptors (Lipinski definition) is 4. The van der Waals surface area contributed by atoms with Crippen LogP contribution in [0.3, 0.4) is 0 Å². The van der Waals surface area contributed by atoms with Crippen molar-refractivity contribution in [2.75, 3.05) is 20.1 Å². The quantitative estimate of drug-likeness (QED) is 0.859. The van der Waals surface area contributed by atoms with Gasteiger partial charge in [-0.2, -0.15) is 5.26 Å². The minimum Gasteiger partial charge on any atom is -0.389 e. The number of rotatable bonds is 5. The molecule has 1 aliphatic rings. The molecule has 108 valence electrons. The minimum absolute atomic E-state index is 0.480. The Morgan fingerprint density at radius 3 is 2.45 bits per heavy atom. The van der Waals surface area contributed by atoms with Gasteiger partial charge in [-0.25, -0.2) is 0 Å². The maximum Gasteiger partial charge on any atom is 0.0991 e. The van der Waals surface area contributed by atoms with Crippen LogP contribution in [-0.2, 0) is 0 Å². The molecule has 2 rings (SSSR count). The van der Waals surface area contributed by atoms with Gasteiger partial charge in [-0.15, -0.1) is 0 Å². The van der Waals surface area contributed by atoms with Crippen LogP contribution in [0.25, 0.3) is 0 Å². The van der Waals surface area contributed by atoms with E-state index in [1.165, 1.54) is 0 Å². The Kier molecular flexibility index (Phi) is 4.77. The monoisotopic (exact) mass is 274 g/mol. The molecule has 0 aromatic heterocycles. The van der Waals surface area contributed by atoms with Crippen molar-refractivity contribution in [1.29, 1.82) is 5.26 Å². The van der Waals surface area contributed by atoms with Crippen molar-refractivity contribution in [3.05, 3.63) is 35.4 Å². The van der Waals surface area contributed by atoms with Gasteiger partial charge in [0.25, 0.3) is 0 Å². The molecule has 1 unspecified atom stereocenters. The van der Waals surface area contributed by atoms with E-state index in [1.54, 1.807) is 24.3 Å². The van der Waals surface area contributed by atoms with Crippen LogP contribution >= 0.6 is 0 Å². The Balaban J connectivity index is 1.89. The second-order valence-corrected chi connectivity index (χ2v) is 5.88. The van der Waals surface area contributed by atoms with Crippen LogP contribution in [-0.4, -0.2) is 40.9 Å². The van der Waals surface area contributed by atoms with Crippen LogP contribution in [0, 0.1) is 11.3 Å². The van der Waals surface area contributed by atoms with Crippen molar-refractivity contribution < 1.29 is 10.2 Å². The van der Waals surface area contributed by atoms with Crippen LogP contribution in [0.4, 0.5) is 0 Å². The summed E-state index contributed by atoms with van der Waals surface area (Å²) >= 11 is 0. The second-order valence-electron chi connectivity index (χ2n) is 5.88. The first kappa shape index (κ1) is 15.0. The number of aliphatic hydroxyl groups excluding tert-OH is 1. The molecule has 0 radical (unpaired) electrons. The van der Waals surface area contributed by atoms with Crippen molar-refractivity contribution in [2.24, 2.45) is 0 Å². The van der Waals surface area contributed by atoms with Crippen molar-refractivity contribution >= 4 is 0 Å². The van der Waals surface area contributed by atoms with Crippen LogP contribution in [0.2, 0.25) is 0 Å². The summed E-state index contributed by atoms with van der Waals surface area (Å²) in [4.78, 5) is 1.98. The molecular weight excluding hydrogens is 252 g/mol. The highest BCUT2D eigenvalue weighted by atomic mass is 16.3. The molecule has 20 heavy (non-hydrogen) atoms. The zero-order valence-electron chi connectivity index (χ0n) is 11.9. The summed E-state index contributed by atoms with van der Waals surface area (Å²) in [6.45, 7) is 1.08. The Bertz CT molecular complexity index is 472. The van der Waals surface area contributed by atoms with E-state index in [-0.39, 0.29) is 0 Å². The lowest BCUT2D eigenvalue weighted by Gasteiger charge is -2.29. The molecule has 0 heterocycles. The second kappa shape index (κ2) is 6.36. The third kappa shape index (κ3) is 3.80. The summed E-state index contributed by atoms with van der Waals surface area (Å²) in [6.07, 6.45) is 3.28. The molecule has 1 atom stereocenters. The van der Waals surface area contributed by atoms with Crippen molar-refractivity contribution in [2.45, 2.75) is 37.4 Å². The number of nitriles is 1. The molecule has 4 nitrogen and oxygen atoms in total. The highest BCUT2D eigenvalue weighted by Crippen LogP contribution is 2.30. The molecule has 0 spiro atoms. The molecule has 2 N–H and O–H groups in total. The van der Waals surface area contributed by atoms with Crippen molar-refractivity contribution in [3.8, 4) is 6.07 Å². The van der Waals surface area contributed by atoms with Gasteiger partial charge in [0.05, 0.1) is 23.3 Å². The van der Waals surface area contributed by atoms with Gasteiger partial charge in [0.1, 0.15) is 0 Å². The van der Waals surface area contributed by atoms with Gasteiger partial charge in [0.15, 0.2) is 0 Å². The predicted octanol–water partition coefficient (Wildman–Crippen LogP) is 1.83. The van der Waals surface area contributed by atoms with E-state index in [0.29, 0.717) is 18.7 Å². The normalized spacial score (nSPS) is 18.9. The summed E-state index contributed by atoms with van der Waals surface area (Å²) in [6, 6.07) is 9.04. The predicted molar refractivity (Wildman–Crippen MR) is 77.0 cm³/mol. The molecule has 0 saturated heterocycles. The molecule has 1 fully saturated rings. The molecule has 4 heteroatoms. The molecule has 0 bridgehead atoms. The van der Waals surface area contributed by atoms with Gasteiger partial charge in [-0.1, -0.05) is 25.0 Å². The van der Waals surface area contributed by atoms with E-state index < -0.39 is 11.7 Å². The first-order chi connectivity index (χ1) is 9.52.